The van der Waals surface area contributed by atoms with Crippen molar-refractivity contribution in [2.45, 2.75) is 27.2 Å². The van der Waals surface area contributed by atoms with Gasteiger partial charge in [0.25, 0.3) is 0 Å². The van der Waals surface area contributed by atoms with Crippen LogP contribution in [0.5, 0.6) is 0 Å². The first-order chi connectivity index (χ1) is 6.13. The van der Waals surface area contributed by atoms with Crippen molar-refractivity contribution < 1.29 is 9.53 Å². The molecule has 0 heterocycles. The number of hydrogen-bond acceptors (Lipinski definition) is 3. The maximum atomic E-state index is 11.3. The van der Waals surface area contributed by atoms with E-state index in [9.17, 15) is 4.79 Å². The lowest BCUT2D eigenvalue weighted by Crippen LogP contribution is -2.11. The van der Waals surface area contributed by atoms with Gasteiger partial charge >= 0.3 is 5.97 Å². The van der Waals surface area contributed by atoms with Crippen LogP contribution in [0.15, 0.2) is 23.4 Å². The van der Waals surface area contributed by atoms with Crippen LogP contribution in [-0.4, -0.2) is 12.6 Å². The molecule has 0 aliphatic rings. The third kappa shape index (κ3) is 4.35. The fourth-order valence-corrected chi connectivity index (χ4v) is 0.805. The van der Waals surface area contributed by atoms with Crippen molar-refractivity contribution in [3.8, 4) is 0 Å². The van der Waals surface area contributed by atoms with Crippen LogP contribution in [0, 0.1) is 0 Å². The lowest BCUT2D eigenvalue weighted by molar-refractivity contribution is -0.138. The first kappa shape index (κ1) is 11.8. The maximum Gasteiger partial charge on any atom is 0.339 e. The zero-order valence-electron chi connectivity index (χ0n) is 8.46. The van der Waals surface area contributed by atoms with Gasteiger partial charge in [0.15, 0.2) is 0 Å². The van der Waals surface area contributed by atoms with Crippen molar-refractivity contribution in [3.63, 3.8) is 0 Å². The lowest BCUT2D eigenvalue weighted by atomic mass is 10.2. The predicted octanol–water partition coefficient (Wildman–Crippen LogP) is 1.75. The minimum atomic E-state index is -0.354. The molecule has 0 aromatic rings. The third-order valence-corrected chi connectivity index (χ3v) is 1.44. The van der Waals surface area contributed by atoms with Crippen molar-refractivity contribution >= 4 is 5.97 Å². The van der Waals surface area contributed by atoms with Gasteiger partial charge in [-0.05, 0) is 26.3 Å². The van der Waals surface area contributed by atoms with Crippen LogP contribution < -0.4 is 5.73 Å². The van der Waals surface area contributed by atoms with E-state index in [1.165, 1.54) is 0 Å². The monoisotopic (exact) mass is 183 g/mol. The lowest BCUT2D eigenvalue weighted by Gasteiger charge is -2.03. The van der Waals surface area contributed by atoms with E-state index in [-0.39, 0.29) is 5.97 Å². The van der Waals surface area contributed by atoms with Gasteiger partial charge < -0.3 is 10.5 Å². The Morgan fingerprint density at radius 3 is 2.46 bits per heavy atom. The molecule has 0 fully saturated rings. The zero-order valence-corrected chi connectivity index (χ0v) is 8.46. The van der Waals surface area contributed by atoms with Crippen LogP contribution in [-0.2, 0) is 9.53 Å². The van der Waals surface area contributed by atoms with Gasteiger partial charge in [-0.15, -0.1) is 0 Å². The zero-order chi connectivity index (χ0) is 10.3. The predicted molar refractivity (Wildman–Crippen MR) is 53.0 cm³/mol. The summed E-state index contributed by atoms with van der Waals surface area (Å²) in [6.07, 6.45) is 4.45. The Morgan fingerprint density at radius 1 is 1.46 bits per heavy atom. The van der Waals surface area contributed by atoms with Crippen molar-refractivity contribution in [2.24, 2.45) is 5.73 Å². The Morgan fingerprint density at radius 2 is 2.08 bits per heavy atom. The minimum Gasteiger partial charge on any atom is -0.462 e. The first-order valence-electron chi connectivity index (χ1n) is 4.43. The summed E-state index contributed by atoms with van der Waals surface area (Å²) in [5.41, 5.74) is 6.47. The Balaban J connectivity index is 4.54. The van der Waals surface area contributed by atoms with Crippen molar-refractivity contribution in [1.29, 1.82) is 0 Å². The van der Waals surface area contributed by atoms with Gasteiger partial charge in [-0.25, -0.2) is 4.79 Å². The summed E-state index contributed by atoms with van der Waals surface area (Å²) in [5.74, 6) is -0.354. The fraction of sp³-hybridized carbons (Fsp3) is 0.500. The molecule has 2 N–H and O–H groups in total. The summed E-state index contributed by atoms with van der Waals surface area (Å²) in [6.45, 7) is 5.82. The first-order valence-corrected chi connectivity index (χ1v) is 4.43. The maximum absolute atomic E-state index is 11.3. The number of carbonyl (C=O) groups excluding carboxylic acids is 1. The van der Waals surface area contributed by atoms with E-state index in [2.05, 4.69) is 0 Å². The Labute approximate surface area is 79.3 Å². The van der Waals surface area contributed by atoms with Gasteiger partial charge in [0.2, 0.25) is 0 Å². The summed E-state index contributed by atoms with van der Waals surface area (Å²) < 4.78 is 4.83. The second-order valence-electron chi connectivity index (χ2n) is 2.63. The highest BCUT2D eigenvalue weighted by atomic mass is 16.5. The molecule has 0 saturated carbocycles. The number of nitrogens with two attached hydrogens (primary N) is 1. The van der Waals surface area contributed by atoms with Gasteiger partial charge in [0.1, 0.15) is 0 Å². The highest BCUT2D eigenvalue weighted by Crippen LogP contribution is 2.04. The topological polar surface area (TPSA) is 52.3 Å². The summed E-state index contributed by atoms with van der Waals surface area (Å²) in [5, 5.41) is 0. The highest BCUT2D eigenvalue weighted by molar-refractivity contribution is 5.92. The Kier molecular flexibility index (Phi) is 5.68. The van der Waals surface area contributed by atoms with Gasteiger partial charge in [-0.1, -0.05) is 13.0 Å². The van der Waals surface area contributed by atoms with Gasteiger partial charge in [-0.3, -0.25) is 0 Å². The number of carbonyl (C=O) groups is 1. The van der Waals surface area contributed by atoms with E-state index in [1.807, 2.05) is 13.0 Å². The van der Waals surface area contributed by atoms with Crippen LogP contribution in [0.2, 0.25) is 0 Å². The van der Waals surface area contributed by atoms with Gasteiger partial charge in [0, 0.05) is 5.70 Å². The quantitative estimate of drug-likeness (QED) is 0.410. The van der Waals surface area contributed by atoms with Crippen molar-refractivity contribution in [3.05, 3.63) is 23.4 Å². The van der Waals surface area contributed by atoms with Crippen molar-refractivity contribution in [2.75, 3.05) is 6.61 Å². The molecular weight excluding hydrogens is 166 g/mol. The number of rotatable bonds is 4. The fourth-order valence-electron chi connectivity index (χ4n) is 0.805. The smallest absolute Gasteiger partial charge is 0.339 e. The summed E-state index contributed by atoms with van der Waals surface area (Å²) in [6, 6.07) is 0. The van der Waals surface area contributed by atoms with E-state index in [4.69, 9.17) is 10.5 Å². The molecule has 0 aromatic carbocycles. The van der Waals surface area contributed by atoms with E-state index in [0.29, 0.717) is 17.9 Å². The molecule has 0 aliphatic heterocycles. The SMILES string of the molecule is CC/C=C/C(C(=O)OCC)=C(\C)N. The average Bonchev–Trinajstić information content (AvgIpc) is 2.05. The standard InChI is InChI=1S/C10H17NO2/c1-4-6-7-9(8(3)11)10(12)13-5-2/h6-7H,4-5,11H2,1-3H3/b7-6+,9-8-. The normalized spacial score (nSPS) is 12.8. The molecule has 0 radical (unpaired) electrons. The molecule has 0 amide bonds. The van der Waals surface area contributed by atoms with Crippen molar-refractivity contribution in [1.82, 2.24) is 0 Å². The van der Waals surface area contributed by atoms with E-state index in [1.54, 1.807) is 19.9 Å². The molecule has 0 atom stereocenters. The van der Waals surface area contributed by atoms with Crippen LogP contribution >= 0.6 is 0 Å². The molecule has 3 heteroatoms. The number of ether oxygens (including phenoxy) is 1. The molecule has 13 heavy (non-hydrogen) atoms. The molecule has 3 nitrogen and oxygen atoms in total. The van der Waals surface area contributed by atoms with E-state index in [0.717, 1.165) is 6.42 Å². The number of esters is 1. The molecule has 0 aromatic heterocycles. The minimum absolute atomic E-state index is 0.354. The summed E-state index contributed by atoms with van der Waals surface area (Å²) >= 11 is 0. The van der Waals surface area contributed by atoms with E-state index < -0.39 is 0 Å². The summed E-state index contributed by atoms with van der Waals surface area (Å²) in [7, 11) is 0. The largest absolute Gasteiger partial charge is 0.462 e. The molecule has 74 valence electrons. The van der Waals surface area contributed by atoms with Crippen LogP contribution in [0.4, 0.5) is 0 Å². The second kappa shape index (κ2) is 6.29. The molecule has 0 saturated heterocycles. The average molecular weight is 183 g/mol. The molecule has 0 bridgehead atoms. The molecule has 0 aliphatic carbocycles. The second-order valence-corrected chi connectivity index (χ2v) is 2.63. The van der Waals surface area contributed by atoms with Gasteiger partial charge in [-0.2, -0.15) is 0 Å². The number of allylic oxidation sites excluding steroid dienone is 2. The Bertz CT molecular complexity index is 225. The third-order valence-electron chi connectivity index (χ3n) is 1.44. The molecule has 0 unspecified atom stereocenters. The number of hydrogen-bond donors (Lipinski definition) is 1. The highest BCUT2D eigenvalue weighted by Gasteiger charge is 2.08. The van der Waals surface area contributed by atoms with Crippen LogP contribution in [0.3, 0.4) is 0 Å². The molecular formula is C10H17NO2. The summed E-state index contributed by atoms with van der Waals surface area (Å²) in [4.78, 5) is 11.3. The van der Waals surface area contributed by atoms with Gasteiger partial charge in [0.05, 0.1) is 12.2 Å². The Hall–Kier alpha value is -1.25. The van der Waals surface area contributed by atoms with Crippen LogP contribution in [0.1, 0.15) is 27.2 Å². The van der Waals surface area contributed by atoms with Crippen LogP contribution in [0.25, 0.3) is 0 Å². The molecule has 0 spiro atoms. The van der Waals surface area contributed by atoms with E-state index >= 15 is 0 Å². The molecule has 0 rings (SSSR count).